The van der Waals surface area contributed by atoms with Gasteiger partial charge in [0, 0.05) is 19.2 Å². The number of allylic oxidation sites excluding steroid dienone is 3. The summed E-state index contributed by atoms with van der Waals surface area (Å²) in [5.74, 6) is 0.916. The molecular formula is C14H19NO2. The summed E-state index contributed by atoms with van der Waals surface area (Å²) in [5, 5.41) is 0. The lowest BCUT2D eigenvalue weighted by Gasteiger charge is -2.11. The van der Waals surface area contributed by atoms with E-state index in [4.69, 9.17) is 9.47 Å². The van der Waals surface area contributed by atoms with Crippen LogP contribution in [0.1, 0.15) is 6.42 Å². The lowest BCUT2D eigenvalue weighted by atomic mass is 9.97. The first kappa shape index (κ1) is 13.5. The van der Waals surface area contributed by atoms with Gasteiger partial charge in [0.25, 0.3) is 0 Å². The van der Waals surface area contributed by atoms with E-state index in [2.05, 4.69) is 29.8 Å². The Labute approximate surface area is 103 Å². The molecule has 0 aliphatic heterocycles. The van der Waals surface area contributed by atoms with Gasteiger partial charge in [-0.25, -0.2) is 4.99 Å². The molecule has 0 saturated heterocycles. The third-order valence-corrected chi connectivity index (χ3v) is 2.44. The van der Waals surface area contributed by atoms with Gasteiger partial charge >= 0.3 is 0 Å². The second kappa shape index (κ2) is 7.63. The Hall–Kier alpha value is -1.61. The summed E-state index contributed by atoms with van der Waals surface area (Å²) >= 11 is 0. The van der Waals surface area contributed by atoms with Gasteiger partial charge in [-0.2, -0.15) is 0 Å². The minimum Gasteiger partial charge on any atom is -0.481 e. The van der Waals surface area contributed by atoms with Crippen molar-refractivity contribution in [3.05, 3.63) is 48.7 Å². The summed E-state index contributed by atoms with van der Waals surface area (Å²) in [4.78, 5) is 4.13. The summed E-state index contributed by atoms with van der Waals surface area (Å²) in [6, 6.07) is 0. The van der Waals surface area contributed by atoms with Gasteiger partial charge in [-0.1, -0.05) is 30.9 Å². The summed E-state index contributed by atoms with van der Waals surface area (Å²) in [5.41, 5.74) is 1.23. The van der Waals surface area contributed by atoms with Crippen LogP contribution in [0.5, 0.6) is 0 Å². The molecule has 0 radical (unpaired) electrons. The first-order chi connectivity index (χ1) is 8.30. The predicted octanol–water partition coefficient (Wildman–Crippen LogP) is 2.88. The number of methoxy groups -OCH3 is 2. The van der Waals surface area contributed by atoms with Gasteiger partial charge in [0.15, 0.2) is 0 Å². The number of hydrogen-bond donors (Lipinski definition) is 0. The van der Waals surface area contributed by atoms with Crippen LogP contribution < -0.4 is 0 Å². The van der Waals surface area contributed by atoms with Crippen molar-refractivity contribution in [2.75, 3.05) is 20.8 Å². The Bertz CT molecular complexity index is 364. The minimum absolute atomic E-state index is 0.391. The smallest absolute Gasteiger partial charge is 0.212 e. The SMILES string of the molecule is C=CC(=N/C=C/C1C=CC(COC)=CC1)OC. The molecule has 0 bridgehead atoms. The van der Waals surface area contributed by atoms with Crippen molar-refractivity contribution in [3.63, 3.8) is 0 Å². The number of rotatable bonds is 5. The van der Waals surface area contributed by atoms with Crippen molar-refractivity contribution in [2.24, 2.45) is 10.9 Å². The molecule has 3 heteroatoms. The van der Waals surface area contributed by atoms with Crippen LogP contribution in [0.2, 0.25) is 0 Å². The van der Waals surface area contributed by atoms with E-state index in [1.807, 2.05) is 6.08 Å². The Kier molecular flexibility index (Phi) is 6.04. The molecule has 0 N–H and O–H groups in total. The van der Waals surface area contributed by atoms with Crippen LogP contribution in [0.3, 0.4) is 0 Å². The van der Waals surface area contributed by atoms with E-state index in [1.165, 1.54) is 5.57 Å². The maximum Gasteiger partial charge on any atom is 0.212 e. The monoisotopic (exact) mass is 233 g/mol. The Morgan fingerprint density at radius 1 is 1.59 bits per heavy atom. The van der Waals surface area contributed by atoms with Gasteiger partial charge in [0.05, 0.1) is 13.7 Å². The van der Waals surface area contributed by atoms with Crippen LogP contribution >= 0.6 is 0 Å². The predicted molar refractivity (Wildman–Crippen MR) is 71.0 cm³/mol. The fraction of sp³-hybridized carbons (Fsp3) is 0.357. The maximum atomic E-state index is 5.07. The molecule has 1 aliphatic carbocycles. The quantitative estimate of drug-likeness (QED) is 0.540. The second-order valence-electron chi connectivity index (χ2n) is 3.69. The number of hydrogen-bond acceptors (Lipinski definition) is 3. The lowest BCUT2D eigenvalue weighted by Crippen LogP contribution is -2.00. The van der Waals surface area contributed by atoms with Crippen LogP contribution in [0, 0.1) is 5.92 Å². The van der Waals surface area contributed by atoms with Gasteiger partial charge in [-0.3, -0.25) is 0 Å². The lowest BCUT2D eigenvalue weighted by molar-refractivity contribution is 0.227. The molecule has 0 aromatic rings. The molecular weight excluding hydrogens is 214 g/mol. The summed E-state index contributed by atoms with van der Waals surface area (Å²) in [7, 11) is 3.28. The van der Waals surface area contributed by atoms with Crippen molar-refractivity contribution in [3.8, 4) is 0 Å². The van der Waals surface area contributed by atoms with E-state index in [0.29, 0.717) is 18.4 Å². The van der Waals surface area contributed by atoms with E-state index >= 15 is 0 Å². The number of nitrogens with zero attached hydrogens (tertiary/aromatic N) is 1. The van der Waals surface area contributed by atoms with Crippen molar-refractivity contribution >= 4 is 5.90 Å². The molecule has 1 atom stereocenters. The zero-order valence-electron chi connectivity index (χ0n) is 10.4. The van der Waals surface area contributed by atoms with Crippen LogP contribution in [-0.2, 0) is 9.47 Å². The van der Waals surface area contributed by atoms with E-state index in [-0.39, 0.29) is 0 Å². The summed E-state index contributed by atoms with van der Waals surface area (Å²) in [6.45, 7) is 4.28. The topological polar surface area (TPSA) is 30.8 Å². The van der Waals surface area contributed by atoms with E-state index in [0.717, 1.165) is 6.42 Å². The van der Waals surface area contributed by atoms with Gasteiger partial charge in [-0.05, 0) is 18.1 Å². The van der Waals surface area contributed by atoms with Crippen molar-refractivity contribution in [2.45, 2.75) is 6.42 Å². The molecule has 0 fully saturated rings. The minimum atomic E-state index is 0.391. The first-order valence-corrected chi connectivity index (χ1v) is 5.57. The van der Waals surface area contributed by atoms with Crippen LogP contribution in [0.15, 0.2) is 53.7 Å². The van der Waals surface area contributed by atoms with Gasteiger partial charge in [-0.15, -0.1) is 0 Å². The molecule has 1 rings (SSSR count). The van der Waals surface area contributed by atoms with Crippen LogP contribution in [0.4, 0.5) is 0 Å². The molecule has 0 amide bonds. The van der Waals surface area contributed by atoms with Crippen molar-refractivity contribution < 1.29 is 9.47 Å². The van der Waals surface area contributed by atoms with Crippen LogP contribution in [-0.4, -0.2) is 26.7 Å². The Morgan fingerprint density at radius 2 is 2.41 bits per heavy atom. The fourth-order valence-corrected chi connectivity index (χ4v) is 1.51. The average Bonchev–Trinajstić information content (AvgIpc) is 2.37. The molecule has 0 aromatic carbocycles. The van der Waals surface area contributed by atoms with Gasteiger partial charge in [0.2, 0.25) is 5.90 Å². The average molecular weight is 233 g/mol. The maximum absolute atomic E-state index is 5.07. The molecule has 0 saturated carbocycles. The van der Waals surface area contributed by atoms with Gasteiger partial charge < -0.3 is 9.47 Å². The molecule has 3 nitrogen and oxygen atoms in total. The summed E-state index contributed by atoms with van der Waals surface area (Å²) in [6.07, 6.45) is 12.8. The molecule has 1 unspecified atom stereocenters. The van der Waals surface area contributed by atoms with Gasteiger partial charge in [0.1, 0.15) is 0 Å². The van der Waals surface area contributed by atoms with Crippen LogP contribution in [0.25, 0.3) is 0 Å². The zero-order valence-corrected chi connectivity index (χ0v) is 10.4. The first-order valence-electron chi connectivity index (χ1n) is 5.57. The summed E-state index contributed by atoms with van der Waals surface area (Å²) < 4.78 is 10.0. The molecule has 0 spiro atoms. The third-order valence-electron chi connectivity index (χ3n) is 2.44. The number of aliphatic imine (C=N–C) groups is 1. The highest BCUT2D eigenvalue weighted by Gasteiger charge is 2.04. The van der Waals surface area contributed by atoms with Crippen molar-refractivity contribution in [1.29, 1.82) is 0 Å². The normalized spacial score (nSPS) is 20.5. The van der Waals surface area contributed by atoms with E-state index < -0.39 is 0 Å². The zero-order chi connectivity index (χ0) is 12.5. The fourth-order valence-electron chi connectivity index (χ4n) is 1.51. The molecule has 92 valence electrons. The second-order valence-corrected chi connectivity index (χ2v) is 3.69. The number of ether oxygens (including phenoxy) is 2. The molecule has 17 heavy (non-hydrogen) atoms. The molecule has 0 aromatic heterocycles. The molecule has 0 heterocycles. The van der Waals surface area contributed by atoms with E-state index in [1.54, 1.807) is 26.5 Å². The third kappa shape index (κ3) is 4.83. The highest BCUT2D eigenvalue weighted by atomic mass is 16.5. The largest absolute Gasteiger partial charge is 0.481 e. The highest BCUT2D eigenvalue weighted by molar-refractivity contribution is 5.87. The molecule has 1 aliphatic rings. The Balaban J connectivity index is 2.46. The standard InChI is InChI=1S/C14H19NO2/c1-4-14(17-3)15-10-9-12-5-7-13(8-6-12)11-16-2/h4-5,7-10,12H,1,6,11H2,2-3H3/b10-9+,15-14?. The Morgan fingerprint density at radius 3 is 2.94 bits per heavy atom. The highest BCUT2D eigenvalue weighted by Crippen LogP contribution is 2.17. The van der Waals surface area contributed by atoms with Crippen molar-refractivity contribution in [1.82, 2.24) is 0 Å². The van der Waals surface area contributed by atoms with E-state index in [9.17, 15) is 0 Å².